The lowest BCUT2D eigenvalue weighted by Crippen LogP contribution is -2.18. The summed E-state index contributed by atoms with van der Waals surface area (Å²) in [6.07, 6.45) is 0.844. The molecular formula is C30H29NO5. The predicted molar refractivity (Wildman–Crippen MR) is 141 cm³/mol. The minimum Gasteiger partial charge on any atom is -0.452 e. The molecule has 0 unspecified atom stereocenters. The highest BCUT2D eigenvalue weighted by molar-refractivity contribution is 5.89. The Bertz CT molecular complexity index is 1300. The van der Waals surface area contributed by atoms with Gasteiger partial charge in [-0.15, -0.1) is 0 Å². The van der Waals surface area contributed by atoms with Crippen LogP contribution in [-0.4, -0.2) is 24.4 Å². The van der Waals surface area contributed by atoms with Crippen molar-refractivity contribution in [2.24, 2.45) is 0 Å². The van der Waals surface area contributed by atoms with Crippen molar-refractivity contribution in [3.05, 3.63) is 96.6 Å². The quantitative estimate of drug-likeness (QED) is 0.123. The summed E-state index contributed by atoms with van der Waals surface area (Å²) in [5.41, 5.74) is 6.00. The Labute approximate surface area is 211 Å². The van der Waals surface area contributed by atoms with Crippen molar-refractivity contribution >= 4 is 17.8 Å². The average molecular weight is 484 g/mol. The maximum absolute atomic E-state index is 11.7. The lowest BCUT2D eigenvalue weighted by atomic mass is 9.93. The van der Waals surface area contributed by atoms with Gasteiger partial charge < -0.3 is 14.2 Å². The lowest BCUT2D eigenvalue weighted by Gasteiger charge is -2.13. The van der Waals surface area contributed by atoms with E-state index in [1.807, 2.05) is 24.3 Å². The van der Waals surface area contributed by atoms with Crippen LogP contribution in [0.1, 0.15) is 26.3 Å². The predicted octanol–water partition coefficient (Wildman–Crippen LogP) is 6.54. The molecule has 3 rings (SSSR count). The van der Waals surface area contributed by atoms with Gasteiger partial charge in [-0.25, -0.2) is 9.59 Å². The third-order valence-corrected chi connectivity index (χ3v) is 5.32. The standard InChI is InChI=1S/C30H29NO5/c1-6-21-17-24(11-16-27(21)23-9-14-26(15-10-23)36-30(33)20(4)5)22-7-12-25(13-8-22)35-28(31)18-34-29(32)19(2)3/h7-17,31H,2,4,6,18H2,1,3,5H3. The van der Waals surface area contributed by atoms with Crippen LogP contribution in [0.3, 0.4) is 0 Å². The highest BCUT2D eigenvalue weighted by Crippen LogP contribution is 2.31. The van der Waals surface area contributed by atoms with Gasteiger partial charge >= 0.3 is 11.9 Å². The highest BCUT2D eigenvalue weighted by Gasteiger charge is 2.10. The van der Waals surface area contributed by atoms with Crippen LogP contribution >= 0.6 is 0 Å². The van der Waals surface area contributed by atoms with E-state index in [4.69, 9.17) is 19.6 Å². The molecule has 3 aromatic carbocycles. The summed E-state index contributed by atoms with van der Waals surface area (Å²) in [6.45, 7) is 12.1. The first-order valence-corrected chi connectivity index (χ1v) is 11.5. The smallest absolute Gasteiger partial charge is 0.338 e. The zero-order valence-electron chi connectivity index (χ0n) is 20.7. The monoisotopic (exact) mass is 483 g/mol. The van der Waals surface area contributed by atoms with Gasteiger partial charge in [0.1, 0.15) is 11.5 Å². The van der Waals surface area contributed by atoms with Gasteiger partial charge in [-0.3, -0.25) is 5.41 Å². The number of hydrogen-bond acceptors (Lipinski definition) is 6. The second kappa shape index (κ2) is 11.8. The molecule has 1 N–H and O–H groups in total. The highest BCUT2D eigenvalue weighted by atomic mass is 16.6. The second-order valence-electron chi connectivity index (χ2n) is 8.33. The lowest BCUT2D eigenvalue weighted by molar-refractivity contribution is -0.137. The first-order valence-electron chi connectivity index (χ1n) is 11.5. The van der Waals surface area contributed by atoms with Crippen molar-refractivity contribution in [3.63, 3.8) is 0 Å². The first-order chi connectivity index (χ1) is 17.2. The van der Waals surface area contributed by atoms with Gasteiger partial charge in [0.15, 0.2) is 6.61 Å². The Morgan fingerprint density at radius 2 is 1.28 bits per heavy atom. The first kappa shape index (κ1) is 26.2. The Hall–Kier alpha value is -4.45. The van der Waals surface area contributed by atoms with E-state index >= 15 is 0 Å². The Morgan fingerprint density at radius 3 is 1.83 bits per heavy atom. The summed E-state index contributed by atoms with van der Waals surface area (Å²) < 4.78 is 15.6. The van der Waals surface area contributed by atoms with Gasteiger partial charge in [0.05, 0.1) is 0 Å². The van der Waals surface area contributed by atoms with Crippen LogP contribution in [0.5, 0.6) is 11.5 Å². The van der Waals surface area contributed by atoms with Crippen molar-refractivity contribution < 1.29 is 23.8 Å². The molecule has 0 heterocycles. The molecule has 6 nitrogen and oxygen atoms in total. The Balaban J connectivity index is 1.71. The molecule has 0 fully saturated rings. The summed E-state index contributed by atoms with van der Waals surface area (Å²) in [5.74, 6) is -0.215. The van der Waals surface area contributed by atoms with Gasteiger partial charge in [0.25, 0.3) is 0 Å². The molecule has 0 atom stereocenters. The SMILES string of the molecule is C=C(C)C(=O)OCC(=N)Oc1ccc(-c2ccc(-c3ccc(OC(=O)C(=C)C)cc3)c(CC)c2)cc1. The molecule has 0 spiro atoms. The van der Waals surface area contributed by atoms with Gasteiger partial charge in [-0.2, -0.15) is 0 Å². The molecule has 184 valence electrons. The van der Waals surface area contributed by atoms with Crippen molar-refractivity contribution in [2.75, 3.05) is 6.61 Å². The number of esters is 2. The van der Waals surface area contributed by atoms with Crippen molar-refractivity contribution in [1.82, 2.24) is 0 Å². The maximum atomic E-state index is 11.7. The van der Waals surface area contributed by atoms with E-state index in [0.717, 1.165) is 28.7 Å². The Morgan fingerprint density at radius 1 is 0.750 bits per heavy atom. The molecule has 6 heteroatoms. The topological polar surface area (TPSA) is 85.7 Å². The molecule has 0 saturated carbocycles. The van der Waals surface area contributed by atoms with E-state index in [1.54, 1.807) is 38.1 Å². The number of ether oxygens (including phenoxy) is 3. The third-order valence-electron chi connectivity index (χ3n) is 5.32. The fourth-order valence-corrected chi connectivity index (χ4v) is 3.39. The van der Waals surface area contributed by atoms with Crippen LogP contribution < -0.4 is 9.47 Å². The van der Waals surface area contributed by atoms with Crippen molar-refractivity contribution in [3.8, 4) is 33.8 Å². The Kier molecular flexibility index (Phi) is 8.57. The molecule has 0 aromatic heterocycles. The van der Waals surface area contributed by atoms with Gasteiger partial charge in [0, 0.05) is 11.1 Å². The molecule has 0 aliphatic heterocycles. The summed E-state index contributed by atoms with van der Waals surface area (Å²) >= 11 is 0. The molecule has 0 bridgehead atoms. The molecule has 0 saturated heterocycles. The van der Waals surface area contributed by atoms with Gasteiger partial charge in [-0.1, -0.05) is 62.5 Å². The van der Waals surface area contributed by atoms with Crippen LogP contribution in [-0.2, 0) is 20.7 Å². The number of aryl methyl sites for hydroxylation is 1. The summed E-state index contributed by atoms with van der Waals surface area (Å²) in [7, 11) is 0. The van der Waals surface area contributed by atoms with Crippen molar-refractivity contribution in [1.29, 1.82) is 5.41 Å². The summed E-state index contributed by atoms with van der Waals surface area (Å²) in [5, 5.41) is 7.84. The second-order valence-corrected chi connectivity index (χ2v) is 8.33. The number of nitrogens with one attached hydrogen (secondary N) is 1. The fourth-order valence-electron chi connectivity index (χ4n) is 3.39. The molecule has 0 amide bonds. The van der Waals surface area contributed by atoms with Crippen LogP contribution in [0.4, 0.5) is 0 Å². The van der Waals surface area contributed by atoms with Crippen LogP contribution in [0.15, 0.2) is 91.0 Å². The normalized spacial score (nSPS) is 10.3. The van der Waals surface area contributed by atoms with E-state index in [-0.39, 0.29) is 18.1 Å². The molecule has 0 aliphatic carbocycles. The van der Waals surface area contributed by atoms with E-state index < -0.39 is 11.9 Å². The maximum Gasteiger partial charge on any atom is 0.338 e. The van der Waals surface area contributed by atoms with Crippen LogP contribution in [0, 0.1) is 5.41 Å². The molecule has 0 radical (unpaired) electrons. The van der Waals surface area contributed by atoms with E-state index in [9.17, 15) is 9.59 Å². The number of rotatable bonds is 9. The number of hydrogen-bond donors (Lipinski definition) is 1. The van der Waals surface area contributed by atoms with E-state index in [1.165, 1.54) is 5.56 Å². The van der Waals surface area contributed by atoms with Crippen molar-refractivity contribution in [2.45, 2.75) is 27.2 Å². The summed E-state index contributed by atoms with van der Waals surface area (Å²) in [6, 6.07) is 21.1. The minimum absolute atomic E-state index is 0.171. The number of benzene rings is 3. The van der Waals surface area contributed by atoms with Gasteiger partial charge in [-0.05, 0) is 72.4 Å². The number of carbonyl (C=O) groups is 2. The zero-order valence-corrected chi connectivity index (χ0v) is 20.7. The largest absolute Gasteiger partial charge is 0.452 e. The van der Waals surface area contributed by atoms with E-state index in [0.29, 0.717) is 17.1 Å². The zero-order chi connectivity index (χ0) is 26.2. The molecular weight excluding hydrogens is 454 g/mol. The molecule has 3 aromatic rings. The van der Waals surface area contributed by atoms with Gasteiger partial charge in [0.2, 0.25) is 5.90 Å². The number of carbonyl (C=O) groups excluding carboxylic acids is 2. The fraction of sp³-hybridized carbons (Fsp3) is 0.167. The minimum atomic E-state index is -0.559. The molecule has 0 aliphatic rings. The molecule has 36 heavy (non-hydrogen) atoms. The van der Waals surface area contributed by atoms with E-state index in [2.05, 4.69) is 38.3 Å². The summed E-state index contributed by atoms with van der Waals surface area (Å²) in [4.78, 5) is 23.2. The van der Waals surface area contributed by atoms with Crippen LogP contribution in [0.25, 0.3) is 22.3 Å². The van der Waals surface area contributed by atoms with Crippen LogP contribution in [0.2, 0.25) is 0 Å². The average Bonchev–Trinajstić information content (AvgIpc) is 2.87. The third kappa shape index (κ3) is 6.79.